The van der Waals surface area contributed by atoms with Crippen LogP contribution in [0, 0.1) is 0 Å². The van der Waals surface area contributed by atoms with Crippen LogP contribution in [-0.4, -0.2) is 29.7 Å². The molecular formula is C12H16N2O4S2. The predicted molar refractivity (Wildman–Crippen MR) is 75.5 cm³/mol. The first-order valence-corrected chi connectivity index (χ1v) is 9.08. The maximum absolute atomic E-state index is 11.8. The molecule has 3 rings (SSSR count). The van der Waals surface area contributed by atoms with Gasteiger partial charge in [0.15, 0.2) is 5.13 Å². The maximum atomic E-state index is 11.8. The highest BCUT2D eigenvalue weighted by Crippen LogP contribution is 2.42. The summed E-state index contributed by atoms with van der Waals surface area (Å²) >= 11 is 1.16. The summed E-state index contributed by atoms with van der Waals surface area (Å²) in [5.74, 6) is -0.864. The monoisotopic (exact) mass is 316 g/mol. The fourth-order valence-corrected chi connectivity index (χ4v) is 5.09. The normalized spacial score (nSPS) is 21.8. The topological polar surface area (TPSA) is 96.4 Å². The zero-order chi connectivity index (χ0) is 14.4. The van der Waals surface area contributed by atoms with Gasteiger partial charge in [-0.15, -0.1) is 11.3 Å². The van der Waals surface area contributed by atoms with E-state index in [-0.39, 0.29) is 10.4 Å². The van der Waals surface area contributed by atoms with Gasteiger partial charge in [0.1, 0.15) is 5.41 Å². The smallest absolute Gasteiger partial charge is 0.315 e. The lowest BCUT2D eigenvalue weighted by Gasteiger charge is -2.20. The summed E-state index contributed by atoms with van der Waals surface area (Å²) < 4.78 is 26.2. The Hall–Kier alpha value is -1.15. The molecule has 1 heterocycles. The van der Waals surface area contributed by atoms with Crippen LogP contribution in [0.5, 0.6) is 0 Å². The quantitative estimate of drug-likeness (QED) is 0.865. The van der Waals surface area contributed by atoms with Crippen LogP contribution in [0.2, 0.25) is 0 Å². The Labute approximate surface area is 121 Å². The molecule has 0 atom stereocenters. The van der Waals surface area contributed by atoms with Crippen LogP contribution in [0.15, 0.2) is 5.38 Å². The number of carboxylic acid groups (broad SMARTS) is 1. The predicted octanol–water partition coefficient (Wildman–Crippen LogP) is 1.94. The Morgan fingerprint density at radius 2 is 2.05 bits per heavy atom. The second kappa shape index (κ2) is 4.70. The second-order valence-electron chi connectivity index (χ2n) is 5.48. The number of carbonyl (C=O) groups is 1. The van der Waals surface area contributed by atoms with Gasteiger partial charge in [0.05, 0.1) is 10.9 Å². The number of hydrogen-bond acceptors (Lipinski definition) is 5. The number of sulfonamides is 1. The van der Waals surface area contributed by atoms with Gasteiger partial charge < -0.3 is 5.11 Å². The van der Waals surface area contributed by atoms with Crippen LogP contribution in [-0.2, 0) is 20.2 Å². The Morgan fingerprint density at radius 1 is 1.40 bits per heavy atom. The van der Waals surface area contributed by atoms with E-state index in [0.29, 0.717) is 31.4 Å². The highest BCUT2D eigenvalue weighted by Gasteiger charge is 2.45. The molecule has 1 aromatic rings. The zero-order valence-corrected chi connectivity index (χ0v) is 12.5. The molecule has 2 fully saturated rings. The van der Waals surface area contributed by atoms with Gasteiger partial charge >= 0.3 is 5.97 Å². The third kappa shape index (κ3) is 2.31. The molecule has 2 N–H and O–H groups in total. The summed E-state index contributed by atoms with van der Waals surface area (Å²) in [6.45, 7) is 0. The van der Waals surface area contributed by atoms with Crippen LogP contribution in [0.3, 0.4) is 0 Å². The summed E-state index contributed by atoms with van der Waals surface area (Å²) in [6.07, 6.45) is 4.25. The molecule has 0 aromatic carbocycles. The van der Waals surface area contributed by atoms with Crippen molar-refractivity contribution < 1.29 is 18.3 Å². The summed E-state index contributed by atoms with van der Waals surface area (Å²) in [6, 6.07) is 0. The number of hydrogen-bond donors (Lipinski definition) is 2. The van der Waals surface area contributed by atoms with Crippen molar-refractivity contribution in [1.82, 2.24) is 4.98 Å². The summed E-state index contributed by atoms with van der Waals surface area (Å²) in [4.78, 5) is 15.8. The van der Waals surface area contributed by atoms with Gasteiger partial charge in [0.2, 0.25) is 10.0 Å². The van der Waals surface area contributed by atoms with Gasteiger partial charge in [-0.3, -0.25) is 9.52 Å². The van der Waals surface area contributed by atoms with E-state index in [1.807, 2.05) is 0 Å². The molecule has 6 nitrogen and oxygen atoms in total. The van der Waals surface area contributed by atoms with Crippen LogP contribution in [0.25, 0.3) is 0 Å². The van der Waals surface area contributed by atoms with Crippen molar-refractivity contribution in [3.05, 3.63) is 11.1 Å². The van der Waals surface area contributed by atoms with Crippen molar-refractivity contribution in [2.45, 2.75) is 49.2 Å². The van der Waals surface area contributed by atoms with Crippen LogP contribution in [0.4, 0.5) is 5.13 Å². The third-order valence-electron chi connectivity index (χ3n) is 4.05. The SMILES string of the molecule is O=C(O)C1(c2csc(NS(=O)(=O)C3CC3)n2)CCCC1. The molecule has 8 heteroatoms. The Balaban J connectivity index is 1.84. The first-order chi connectivity index (χ1) is 9.44. The molecule has 0 unspecified atom stereocenters. The summed E-state index contributed by atoms with van der Waals surface area (Å²) in [7, 11) is -3.34. The van der Waals surface area contributed by atoms with E-state index in [1.54, 1.807) is 5.38 Å². The molecule has 0 aliphatic heterocycles. The molecule has 0 bridgehead atoms. The number of rotatable bonds is 5. The molecule has 0 spiro atoms. The van der Waals surface area contributed by atoms with E-state index in [1.165, 1.54) is 0 Å². The molecule has 0 radical (unpaired) electrons. The van der Waals surface area contributed by atoms with E-state index in [2.05, 4.69) is 9.71 Å². The van der Waals surface area contributed by atoms with Crippen molar-refractivity contribution in [1.29, 1.82) is 0 Å². The molecule has 2 aliphatic carbocycles. The number of aromatic nitrogens is 1. The Morgan fingerprint density at radius 3 is 2.60 bits per heavy atom. The first-order valence-electron chi connectivity index (χ1n) is 6.65. The van der Waals surface area contributed by atoms with Crippen molar-refractivity contribution in [3.63, 3.8) is 0 Å². The van der Waals surface area contributed by atoms with E-state index < -0.39 is 21.4 Å². The minimum absolute atomic E-state index is 0.277. The van der Waals surface area contributed by atoms with Crippen LogP contribution in [0.1, 0.15) is 44.2 Å². The van der Waals surface area contributed by atoms with Crippen molar-refractivity contribution in [2.24, 2.45) is 0 Å². The Bertz CT molecular complexity index is 628. The van der Waals surface area contributed by atoms with E-state index >= 15 is 0 Å². The van der Waals surface area contributed by atoms with E-state index in [4.69, 9.17) is 0 Å². The van der Waals surface area contributed by atoms with Gasteiger partial charge in [0.25, 0.3) is 0 Å². The molecule has 20 heavy (non-hydrogen) atoms. The summed E-state index contributed by atoms with van der Waals surface area (Å²) in [5, 5.41) is 11.1. The van der Waals surface area contributed by atoms with Gasteiger partial charge in [-0.2, -0.15) is 0 Å². The van der Waals surface area contributed by atoms with Crippen LogP contribution >= 0.6 is 11.3 Å². The minimum Gasteiger partial charge on any atom is -0.481 e. The van der Waals surface area contributed by atoms with Crippen molar-refractivity contribution in [3.8, 4) is 0 Å². The molecule has 2 aliphatic rings. The largest absolute Gasteiger partial charge is 0.481 e. The third-order valence-corrected chi connectivity index (χ3v) is 6.77. The van der Waals surface area contributed by atoms with Gasteiger partial charge in [0, 0.05) is 5.38 Å². The van der Waals surface area contributed by atoms with Gasteiger partial charge in [-0.25, -0.2) is 13.4 Å². The van der Waals surface area contributed by atoms with Gasteiger partial charge in [-0.05, 0) is 25.7 Å². The average molecular weight is 316 g/mol. The van der Waals surface area contributed by atoms with E-state index in [9.17, 15) is 18.3 Å². The van der Waals surface area contributed by atoms with Crippen molar-refractivity contribution in [2.75, 3.05) is 4.72 Å². The molecular weight excluding hydrogens is 300 g/mol. The summed E-state index contributed by atoms with van der Waals surface area (Å²) in [5.41, 5.74) is -0.444. The maximum Gasteiger partial charge on any atom is 0.315 e. The highest BCUT2D eigenvalue weighted by molar-refractivity contribution is 7.93. The number of carboxylic acids is 1. The lowest BCUT2D eigenvalue weighted by molar-refractivity contribution is -0.143. The molecule has 0 amide bonds. The average Bonchev–Trinajstić information content (AvgIpc) is 2.96. The fourth-order valence-electron chi connectivity index (χ4n) is 2.68. The number of aliphatic carboxylic acids is 1. The molecule has 1 aromatic heterocycles. The standard InChI is InChI=1S/C12H16N2O4S2/c15-10(16)12(5-1-2-6-12)9-7-19-11(13-9)14-20(17,18)8-3-4-8/h7-8H,1-6H2,(H,13,14)(H,15,16). The Kier molecular flexibility index (Phi) is 3.24. The zero-order valence-electron chi connectivity index (χ0n) is 10.8. The lowest BCUT2D eigenvalue weighted by atomic mass is 9.83. The lowest BCUT2D eigenvalue weighted by Crippen LogP contribution is -2.33. The number of thiazole rings is 1. The highest BCUT2D eigenvalue weighted by atomic mass is 32.2. The van der Waals surface area contributed by atoms with Crippen molar-refractivity contribution >= 4 is 32.5 Å². The first kappa shape index (κ1) is 13.8. The van der Waals surface area contributed by atoms with Gasteiger partial charge in [-0.1, -0.05) is 12.8 Å². The van der Waals surface area contributed by atoms with Crippen LogP contribution < -0.4 is 4.72 Å². The molecule has 2 saturated carbocycles. The number of anilines is 1. The minimum atomic E-state index is -3.34. The second-order valence-corrected chi connectivity index (χ2v) is 8.30. The number of nitrogens with zero attached hydrogens (tertiary/aromatic N) is 1. The number of nitrogens with one attached hydrogen (secondary N) is 1. The molecule has 110 valence electrons. The van der Waals surface area contributed by atoms with E-state index in [0.717, 1.165) is 24.2 Å². The molecule has 0 saturated heterocycles. The fraction of sp³-hybridized carbons (Fsp3) is 0.667.